The highest BCUT2D eigenvalue weighted by Gasteiger charge is 2.14. The molecule has 1 saturated carbocycles. The van der Waals surface area contributed by atoms with E-state index in [-0.39, 0.29) is 6.29 Å². The summed E-state index contributed by atoms with van der Waals surface area (Å²) in [5.74, 6) is 2.32. The topological polar surface area (TPSA) is 18.5 Å². The normalized spacial score (nSPS) is 17.9. The minimum absolute atomic E-state index is 0.168. The summed E-state index contributed by atoms with van der Waals surface area (Å²) < 4.78 is 11.6. The van der Waals surface area contributed by atoms with Crippen molar-refractivity contribution in [2.75, 3.05) is 6.61 Å². The van der Waals surface area contributed by atoms with Gasteiger partial charge in [-0.25, -0.2) is 0 Å². The molecular weight excluding hydrogens is 260 g/mol. The fraction of sp³-hybridized carbons (Fsp3) is 0.684. The van der Waals surface area contributed by atoms with Crippen LogP contribution < -0.4 is 4.74 Å². The first-order valence-corrected chi connectivity index (χ1v) is 8.53. The molecule has 2 heteroatoms. The van der Waals surface area contributed by atoms with Crippen LogP contribution >= 0.6 is 0 Å². The van der Waals surface area contributed by atoms with E-state index in [0.717, 1.165) is 18.3 Å². The van der Waals surface area contributed by atoms with Crippen LogP contribution in [0.15, 0.2) is 24.3 Å². The lowest BCUT2D eigenvalue weighted by Crippen LogP contribution is -2.19. The highest BCUT2D eigenvalue weighted by Crippen LogP contribution is 2.26. The molecule has 2 nitrogen and oxygen atoms in total. The standard InChI is InChI=1S/C19H30O2/c1-15(2)18-9-11-19(12-10-18)21-16(3)20-14-13-17-7-5-4-6-8-17/h9-12,15-17H,4-8,13-14H2,1-3H3. The van der Waals surface area contributed by atoms with Crippen LogP contribution in [0.2, 0.25) is 0 Å². The molecule has 1 atom stereocenters. The number of benzene rings is 1. The molecule has 0 aromatic heterocycles. The highest BCUT2D eigenvalue weighted by atomic mass is 16.7. The van der Waals surface area contributed by atoms with Gasteiger partial charge < -0.3 is 9.47 Å². The molecular formula is C19H30O2. The zero-order chi connectivity index (χ0) is 15.1. The fourth-order valence-electron chi connectivity index (χ4n) is 3.03. The van der Waals surface area contributed by atoms with Gasteiger partial charge in [-0.3, -0.25) is 0 Å². The summed E-state index contributed by atoms with van der Waals surface area (Å²) in [5, 5.41) is 0. The van der Waals surface area contributed by atoms with E-state index < -0.39 is 0 Å². The lowest BCUT2D eigenvalue weighted by Gasteiger charge is -2.22. The molecule has 2 rings (SSSR count). The second kappa shape index (κ2) is 8.43. The van der Waals surface area contributed by atoms with Gasteiger partial charge in [-0.2, -0.15) is 0 Å². The maximum Gasteiger partial charge on any atom is 0.196 e. The molecule has 1 aliphatic carbocycles. The maximum atomic E-state index is 5.82. The third kappa shape index (κ3) is 5.70. The summed E-state index contributed by atoms with van der Waals surface area (Å²) in [4.78, 5) is 0. The third-order valence-corrected chi connectivity index (χ3v) is 4.45. The number of hydrogen-bond acceptors (Lipinski definition) is 2. The summed E-state index contributed by atoms with van der Waals surface area (Å²) in [6, 6.07) is 8.34. The van der Waals surface area contributed by atoms with Gasteiger partial charge in [0.25, 0.3) is 0 Å². The first-order valence-electron chi connectivity index (χ1n) is 8.53. The van der Waals surface area contributed by atoms with E-state index in [2.05, 4.69) is 26.0 Å². The Bertz CT molecular complexity index is 391. The molecule has 0 radical (unpaired) electrons. The van der Waals surface area contributed by atoms with Crippen LogP contribution in [0.3, 0.4) is 0 Å². The van der Waals surface area contributed by atoms with Gasteiger partial charge in [0.1, 0.15) is 5.75 Å². The lowest BCUT2D eigenvalue weighted by molar-refractivity contribution is -0.0711. The van der Waals surface area contributed by atoms with Crippen LogP contribution in [0.4, 0.5) is 0 Å². The van der Waals surface area contributed by atoms with Crippen molar-refractivity contribution >= 4 is 0 Å². The minimum atomic E-state index is -0.168. The van der Waals surface area contributed by atoms with Crippen molar-refractivity contribution in [3.05, 3.63) is 29.8 Å². The third-order valence-electron chi connectivity index (χ3n) is 4.45. The maximum absolute atomic E-state index is 5.82. The number of hydrogen-bond donors (Lipinski definition) is 0. The smallest absolute Gasteiger partial charge is 0.196 e. The summed E-state index contributed by atoms with van der Waals surface area (Å²) in [5.41, 5.74) is 1.34. The van der Waals surface area contributed by atoms with E-state index in [1.807, 2.05) is 19.1 Å². The van der Waals surface area contributed by atoms with Gasteiger partial charge in [-0.1, -0.05) is 58.1 Å². The minimum Gasteiger partial charge on any atom is -0.465 e. The van der Waals surface area contributed by atoms with Gasteiger partial charge in [0, 0.05) is 0 Å². The molecule has 0 heterocycles. The fourth-order valence-corrected chi connectivity index (χ4v) is 3.03. The van der Waals surface area contributed by atoms with E-state index >= 15 is 0 Å². The molecule has 21 heavy (non-hydrogen) atoms. The van der Waals surface area contributed by atoms with E-state index in [1.165, 1.54) is 44.1 Å². The zero-order valence-corrected chi connectivity index (χ0v) is 13.8. The van der Waals surface area contributed by atoms with E-state index in [1.54, 1.807) is 0 Å². The van der Waals surface area contributed by atoms with Gasteiger partial charge >= 0.3 is 0 Å². The molecule has 0 saturated heterocycles. The average molecular weight is 290 g/mol. The van der Waals surface area contributed by atoms with Crippen LogP contribution in [-0.2, 0) is 4.74 Å². The number of ether oxygens (including phenoxy) is 2. The molecule has 0 spiro atoms. The monoisotopic (exact) mass is 290 g/mol. The van der Waals surface area contributed by atoms with Gasteiger partial charge in [-0.05, 0) is 42.9 Å². The molecule has 1 aromatic carbocycles. The highest BCUT2D eigenvalue weighted by molar-refractivity contribution is 5.28. The molecule has 1 fully saturated rings. The largest absolute Gasteiger partial charge is 0.465 e. The summed E-state index contributed by atoms with van der Waals surface area (Å²) in [7, 11) is 0. The quantitative estimate of drug-likeness (QED) is 0.615. The average Bonchev–Trinajstić information content (AvgIpc) is 2.49. The van der Waals surface area contributed by atoms with E-state index in [0.29, 0.717) is 5.92 Å². The molecule has 0 aliphatic heterocycles. The van der Waals surface area contributed by atoms with Crippen molar-refractivity contribution in [2.45, 2.75) is 71.5 Å². The Balaban J connectivity index is 1.67. The Labute approximate surface area is 129 Å². The lowest BCUT2D eigenvalue weighted by atomic mass is 9.87. The van der Waals surface area contributed by atoms with Crippen molar-refractivity contribution in [1.82, 2.24) is 0 Å². The Morgan fingerprint density at radius 3 is 2.29 bits per heavy atom. The summed E-state index contributed by atoms with van der Waals surface area (Å²) in [6.07, 6.45) is 8.00. The first kappa shape index (κ1) is 16.4. The van der Waals surface area contributed by atoms with Crippen LogP contribution in [-0.4, -0.2) is 12.9 Å². The molecule has 0 N–H and O–H groups in total. The summed E-state index contributed by atoms with van der Waals surface area (Å²) in [6.45, 7) is 7.20. The van der Waals surface area contributed by atoms with Crippen LogP contribution in [0.5, 0.6) is 5.75 Å². The van der Waals surface area contributed by atoms with Crippen LogP contribution in [0.1, 0.15) is 70.8 Å². The molecule has 0 amide bonds. The Hall–Kier alpha value is -1.02. The zero-order valence-electron chi connectivity index (χ0n) is 13.8. The first-order chi connectivity index (χ1) is 10.1. The second-order valence-corrected chi connectivity index (χ2v) is 6.57. The van der Waals surface area contributed by atoms with Gasteiger partial charge in [0.05, 0.1) is 6.61 Å². The molecule has 1 aromatic rings. The van der Waals surface area contributed by atoms with Crippen molar-refractivity contribution in [3.63, 3.8) is 0 Å². The van der Waals surface area contributed by atoms with E-state index in [9.17, 15) is 0 Å². The van der Waals surface area contributed by atoms with Crippen LogP contribution in [0.25, 0.3) is 0 Å². The van der Waals surface area contributed by atoms with Crippen molar-refractivity contribution in [2.24, 2.45) is 5.92 Å². The molecule has 0 bridgehead atoms. The van der Waals surface area contributed by atoms with Gasteiger partial charge in [0.15, 0.2) is 6.29 Å². The van der Waals surface area contributed by atoms with Crippen molar-refractivity contribution in [3.8, 4) is 5.75 Å². The van der Waals surface area contributed by atoms with Gasteiger partial charge in [-0.15, -0.1) is 0 Å². The van der Waals surface area contributed by atoms with E-state index in [4.69, 9.17) is 9.47 Å². The molecule has 118 valence electrons. The molecule has 1 unspecified atom stereocenters. The van der Waals surface area contributed by atoms with Crippen LogP contribution in [0, 0.1) is 5.92 Å². The Morgan fingerprint density at radius 2 is 1.67 bits per heavy atom. The predicted molar refractivity (Wildman–Crippen MR) is 87.8 cm³/mol. The second-order valence-electron chi connectivity index (χ2n) is 6.57. The molecule has 1 aliphatic rings. The van der Waals surface area contributed by atoms with Crippen molar-refractivity contribution in [1.29, 1.82) is 0 Å². The van der Waals surface area contributed by atoms with Crippen molar-refractivity contribution < 1.29 is 9.47 Å². The Morgan fingerprint density at radius 1 is 1.00 bits per heavy atom. The van der Waals surface area contributed by atoms with Gasteiger partial charge in [0.2, 0.25) is 0 Å². The number of rotatable bonds is 7. The SMILES string of the molecule is CC(OCCC1CCCCC1)Oc1ccc(C(C)C)cc1. The Kier molecular flexibility index (Phi) is 6.56. The summed E-state index contributed by atoms with van der Waals surface area (Å²) >= 11 is 0. The predicted octanol–water partition coefficient (Wildman–Crippen LogP) is 5.52.